The highest BCUT2D eigenvalue weighted by Crippen LogP contribution is 2.39. The zero-order valence-corrected chi connectivity index (χ0v) is 14.1. The third-order valence-electron chi connectivity index (χ3n) is 4.41. The van der Waals surface area contributed by atoms with Crippen LogP contribution < -0.4 is 10.0 Å². The molecule has 0 aromatic rings. The molecule has 0 radical (unpaired) electrons. The lowest BCUT2D eigenvalue weighted by atomic mass is 10.1. The summed E-state index contributed by atoms with van der Waals surface area (Å²) in [5.41, 5.74) is 0. The van der Waals surface area contributed by atoms with E-state index in [0.29, 0.717) is 12.6 Å². The Bertz CT molecular complexity index is 388. The van der Waals surface area contributed by atoms with Crippen molar-refractivity contribution < 1.29 is 8.42 Å². The van der Waals surface area contributed by atoms with Gasteiger partial charge in [0.05, 0.1) is 5.75 Å². The molecule has 0 amide bonds. The van der Waals surface area contributed by atoms with Crippen LogP contribution in [-0.4, -0.2) is 44.3 Å². The predicted octanol–water partition coefficient (Wildman–Crippen LogP) is 2.11. The quantitative estimate of drug-likeness (QED) is 0.605. The van der Waals surface area contributed by atoms with Crippen LogP contribution in [0.1, 0.15) is 51.4 Å². The van der Waals surface area contributed by atoms with Crippen LogP contribution in [0, 0.1) is 0 Å². The fourth-order valence-corrected chi connectivity index (χ4v) is 5.03. The number of thioether (sulfide) groups is 1. The number of rotatable bonds is 10. The van der Waals surface area contributed by atoms with Gasteiger partial charge >= 0.3 is 0 Å². The molecule has 0 atom stereocenters. The van der Waals surface area contributed by atoms with Gasteiger partial charge in [-0.05, 0) is 51.3 Å². The minimum Gasteiger partial charge on any atom is -0.314 e. The summed E-state index contributed by atoms with van der Waals surface area (Å²) in [6.07, 6.45) is 11.1. The van der Waals surface area contributed by atoms with Gasteiger partial charge in [-0.25, -0.2) is 13.1 Å². The van der Waals surface area contributed by atoms with Gasteiger partial charge in [-0.1, -0.05) is 12.8 Å². The first kappa shape index (κ1) is 16.6. The molecule has 0 unspecified atom stereocenters. The van der Waals surface area contributed by atoms with E-state index in [1.807, 2.05) is 11.8 Å². The van der Waals surface area contributed by atoms with E-state index < -0.39 is 10.0 Å². The highest BCUT2D eigenvalue weighted by molar-refractivity contribution is 8.00. The van der Waals surface area contributed by atoms with Crippen LogP contribution in [-0.2, 0) is 10.0 Å². The van der Waals surface area contributed by atoms with E-state index in [4.69, 9.17) is 0 Å². The Balaban J connectivity index is 1.62. The van der Waals surface area contributed by atoms with Crippen molar-refractivity contribution in [3.05, 3.63) is 0 Å². The van der Waals surface area contributed by atoms with Crippen LogP contribution in [0.15, 0.2) is 0 Å². The highest BCUT2D eigenvalue weighted by atomic mass is 32.2. The summed E-state index contributed by atoms with van der Waals surface area (Å²) >= 11 is 1.83. The van der Waals surface area contributed by atoms with Crippen molar-refractivity contribution in [2.24, 2.45) is 0 Å². The van der Waals surface area contributed by atoms with E-state index in [-0.39, 0.29) is 10.5 Å². The van der Waals surface area contributed by atoms with Crippen molar-refractivity contribution in [2.75, 3.05) is 25.1 Å². The van der Waals surface area contributed by atoms with Crippen molar-refractivity contribution in [3.8, 4) is 0 Å². The lowest BCUT2D eigenvalue weighted by Crippen LogP contribution is -2.39. The molecule has 118 valence electrons. The lowest BCUT2D eigenvalue weighted by Gasteiger charge is -2.26. The molecule has 0 aromatic heterocycles. The van der Waals surface area contributed by atoms with Gasteiger partial charge < -0.3 is 5.32 Å². The number of nitrogens with one attached hydrogen (secondary N) is 2. The molecule has 0 bridgehead atoms. The molecule has 0 aromatic carbocycles. The monoisotopic (exact) mass is 320 g/mol. The van der Waals surface area contributed by atoms with Crippen LogP contribution in [0.25, 0.3) is 0 Å². The molecule has 2 fully saturated rings. The van der Waals surface area contributed by atoms with Crippen LogP contribution in [0.5, 0.6) is 0 Å². The van der Waals surface area contributed by atoms with E-state index in [9.17, 15) is 8.42 Å². The Kier molecular flexibility index (Phi) is 6.20. The molecule has 6 heteroatoms. The summed E-state index contributed by atoms with van der Waals surface area (Å²) in [5.74, 6) is 0.268. The van der Waals surface area contributed by atoms with E-state index in [1.165, 1.54) is 25.7 Å². The summed E-state index contributed by atoms with van der Waals surface area (Å²) < 4.78 is 27.0. The number of unbranched alkanes of at least 4 members (excludes halogenated alkanes) is 1. The third kappa shape index (κ3) is 5.54. The van der Waals surface area contributed by atoms with Crippen molar-refractivity contribution >= 4 is 21.8 Å². The highest BCUT2D eigenvalue weighted by Gasteiger charge is 2.33. The average Bonchev–Trinajstić information content (AvgIpc) is 3.13. The molecule has 2 aliphatic rings. The Hall–Kier alpha value is 0.220. The largest absolute Gasteiger partial charge is 0.314 e. The Labute approximate surface area is 127 Å². The normalized spacial score (nSPS) is 22.2. The zero-order chi connectivity index (χ0) is 14.5. The minimum atomic E-state index is -3.09. The molecule has 20 heavy (non-hydrogen) atoms. The van der Waals surface area contributed by atoms with Gasteiger partial charge in [-0.15, -0.1) is 0 Å². The van der Waals surface area contributed by atoms with Crippen molar-refractivity contribution in [3.63, 3.8) is 0 Å². The average molecular weight is 321 g/mol. The van der Waals surface area contributed by atoms with Gasteiger partial charge in [-0.3, -0.25) is 0 Å². The number of hydrogen-bond donors (Lipinski definition) is 2. The maximum Gasteiger partial charge on any atom is 0.211 e. The zero-order valence-electron chi connectivity index (χ0n) is 12.5. The van der Waals surface area contributed by atoms with Gasteiger partial charge in [0, 0.05) is 17.3 Å². The first-order valence-electron chi connectivity index (χ1n) is 7.81. The molecule has 0 spiro atoms. The minimum absolute atomic E-state index is 0.153. The molecule has 2 N–H and O–H groups in total. The summed E-state index contributed by atoms with van der Waals surface area (Å²) in [4.78, 5) is 0. The molecule has 2 rings (SSSR count). The van der Waals surface area contributed by atoms with Gasteiger partial charge in [0.15, 0.2) is 0 Å². The molecular weight excluding hydrogens is 292 g/mol. The summed E-state index contributed by atoms with van der Waals surface area (Å²) in [6.45, 7) is 1.56. The van der Waals surface area contributed by atoms with Gasteiger partial charge in [-0.2, -0.15) is 11.8 Å². The first-order valence-corrected chi connectivity index (χ1v) is 10.7. The second-order valence-corrected chi connectivity index (χ2v) is 9.37. The number of hydrogen-bond acceptors (Lipinski definition) is 4. The Morgan fingerprint density at radius 1 is 1.20 bits per heavy atom. The second-order valence-electron chi connectivity index (χ2n) is 6.17. The van der Waals surface area contributed by atoms with Crippen molar-refractivity contribution in [2.45, 2.75) is 62.2 Å². The third-order valence-corrected chi connectivity index (χ3v) is 7.24. The van der Waals surface area contributed by atoms with E-state index >= 15 is 0 Å². The summed E-state index contributed by atoms with van der Waals surface area (Å²) in [7, 11) is -3.09. The van der Waals surface area contributed by atoms with Gasteiger partial charge in [0.25, 0.3) is 0 Å². The van der Waals surface area contributed by atoms with E-state index in [2.05, 4.69) is 16.3 Å². The number of sulfonamides is 1. The van der Waals surface area contributed by atoms with E-state index in [1.54, 1.807) is 0 Å². The SMILES string of the molecule is CSC1(CNS(=O)(=O)CCCCNC2CC2)CCCC1. The fourth-order valence-electron chi connectivity index (χ4n) is 2.80. The maximum atomic E-state index is 12.0. The van der Waals surface area contributed by atoms with Gasteiger partial charge in [0.1, 0.15) is 0 Å². The smallest absolute Gasteiger partial charge is 0.211 e. The van der Waals surface area contributed by atoms with E-state index in [0.717, 1.165) is 32.2 Å². The summed E-state index contributed by atoms with van der Waals surface area (Å²) in [5, 5.41) is 3.42. The van der Waals surface area contributed by atoms with Crippen LogP contribution in [0.2, 0.25) is 0 Å². The molecule has 2 aliphatic carbocycles. The van der Waals surface area contributed by atoms with Crippen LogP contribution in [0.3, 0.4) is 0 Å². The summed E-state index contributed by atoms with van der Waals surface area (Å²) in [6, 6.07) is 0.716. The molecular formula is C14H28N2O2S2. The molecule has 0 saturated heterocycles. The molecule has 2 saturated carbocycles. The fraction of sp³-hybridized carbons (Fsp3) is 1.00. The van der Waals surface area contributed by atoms with Crippen molar-refractivity contribution in [1.29, 1.82) is 0 Å². The van der Waals surface area contributed by atoms with Crippen LogP contribution >= 0.6 is 11.8 Å². The predicted molar refractivity (Wildman–Crippen MR) is 86.8 cm³/mol. The Morgan fingerprint density at radius 2 is 1.90 bits per heavy atom. The molecule has 0 heterocycles. The molecule has 0 aliphatic heterocycles. The van der Waals surface area contributed by atoms with Gasteiger partial charge in [0.2, 0.25) is 10.0 Å². The standard InChI is InChI=1S/C14H28N2O2S2/c1-19-14(8-2-3-9-14)12-16-20(17,18)11-5-4-10-15-13-6-7-13/h13,15-16H,2-12H2,1H3. The molecule has 4 nitrogen and oxygen atoms in total. The Morgan fingerprint density at radius 3 is 2.50 bits per heavy atom. The lowest BCUT2D eigenvalue weighted by molar-refractivity contribution is 0.547. The second kappa shape index (κ2) is 7.47. The first-order chi connectivity index (χ1) is 9.55. The topological polar surface area (TPSA) is 58.2 Å². The van der Waals surface area contributed by atoms with Crippen LogP contribution in [0.4, 0.5) is 0 Å². The van der Waals surface area contributed by atoms with Crippen molar-refractivity contribution in [1.82, 2.24) is 10.0 Å². The maximum absolute atomic E-state index is 12.0.